The molecule has 4 rings (SSSR count). The lowest BCUT2D eigenvalue weighted by molar-refractivity contribution is -0.0805. The van der Waals surface area contributed by atoms with Crippen LogP contribution < -0.4 is 0 Å². The van der Waals surface area contributed by atoms with Crippen molar-refractivity contribution in [2.24, 2.45) is 35.5 Å². The van der Waals surface area contributed by atoms with Crippen LogP contribution in [-0.2, 0) is 9.47 Å². The Morgan fingerprint density at radius 3 is 1.76 bits per heavy atom. The summed E-state index contributed by atoms with van der Waals surface area (Å²) in [6.45, 7) is 6.52. The minimum Gasteiger partial charge on any atom is -0.378 e. The second-order valence-corrected chi connectivity index (χ2v) is 13.8. The first kappa shape index (κ1) is 30.4. The van der Waals surface area contributed by atoms with Crippen molar-refractivity contribution in [3.8, 4) is 0 Å². The Bertz CT molecular complexity index is 671. The molecule has 0 N–H and O–H groups in total. The Labute approximate surface area is 236 Å². The summed E-state index contributed by atoms with van der Waals surface area (Å²) >= 11 is 0. The molecule has 0 bridgehead atoms. The van der Waals surface area contributed by atoms with E-state index in [1.54, 1.807) is 0 Å². The topological polar surface area (TPSA) is 18.5 Å². The van der Waals surface area contributed by atoms with Crippen molar-refractivity contribution in [2.75, 3.05) is 13.2 Å². The third-order valence-corrected chi connectivity index (χ3v) is 10.7. The lowest BCUT2D eigenvalue weighted by atomic mass is 9.76. The maximum absolute atomic E-state index is 6.69. The van der Waals surface area contributed by atoms with Gasteiger partial charge in [-0.05, 0) is 94.3 Å². The summed E-state index contributed by atoms with van der Waals surface area (Å²) in [5.74, 6) is 4.59. The van der Waals surface area contributed by atoms with E-state index in [4.69, 9.17) is 9.47 Å². The number of hydrogen-bond donors (Lipinski definition) is 0. The highest BCUT2D eigenvalue weighted by Gasteiger charge is 2.35. The lowest BCUT2D eigenvalue weighted by Crippen LogP contribution is -2.40. The van der Waals surface area contributed by atoms with E-state index in [2.05, 4.69) is 38.2 Å². The summed E-state index contributed by atoms with van der Waals surface area (Å²) in [5.41, 5.74) is 0. The summed E-state index contributed by atoms with van der Waals surface area (Å²) in [5, 5.41) is 0. The quantitative estimate of drug-likeness (QED) is 0.175. The molecule has 2 nitrogen and oxygen atoms in total. The fourth-order valence-corrected chi connectivity index (χ4v) is 8.33. The predicted molar refractivity (Wildman–Crippen MR) is 162 cm³/mol. The second kappa shape index (κ2) is 17.3. The summed E-state index contributed by atoms with van der Waals surface area (Å²) in [6.07, 6.45) is 38.3. The van der Waals surface area contributed by atoms with E-state index in [1.165, 1.54) is 116 Å². The van der Waals surface area contributed by atoms with Crippen LogP contribution in [0.4, 0.5) is 0 Å². The molecule has 0 radical (unpaired) electrons. The molecule has 4 fully saturated rings. The van der Waals surface area contributed by atoms with Crippen LogP contribution in [0.5, 0.6) is 0 Å². The van der Waals surface area contributed by atoms with Crippen molar-refractivity contribution in [3.05, 3.63) is 24.3 Å². The first-order valence-corrected chi connectivity index (χ1v) is 17.3. The molecule has 4 aliphatic rings. The van der Waals surface area contributed by atoms with Crippen molar-refractivity contribution >= 4 is 0 Å². The monoisotopic (exact) mass is 526 g/mol. The number of hydrogen-bond acceptors (Lipinski definition) is 2. The van der Waals surface area contributed by atoms with E-state index in [0.717, 1.165) is 49.7 Å². The van der Waals surface area contributed by atoms with E-state index in [1.807, 2.05) is 0 Å². The Hall–Kier alpha value is -0.600. The fraction of sp³-hybridized carbons (Fsp3) is 0.889. The minimum atomic E-state index is 0.379. The molecule has 0 aliphatic heterocycles. The van der Waals surface area contributed by atoms with Crippen molar-refractivity contribution in [1.82, 2.24) is 0 Å². The van der Waals surface area contributed by atoms with E-state index in [-0.39, 0.29) is 0 Å². The van der Waals surface area contributed by atoms with Crippen LogP contribution in [0.1, 0.15) is 142 Å². The molecule has 0 aromatic heterocycles. The Balaban J connectivity index is 1.26. The third-order valence-electron chi connectivity index (χ3n) is 10.7. The molecule has 0 spiro atoms. The summed E-state index contributed by atoms with van der Waals surface area (Å²) in [4.78, 5) is 0. The Kier molecular flexibility index (Phi) is 13.8. The summed E-state index contributed by atoms with van der Waals surface area (Å²) < 4.78 is 13.3. The molecular formula is C36H62O2. The van der Waals surface area contributed by atoms with Gasteiger partial charge in [-0.3, -0.25) is 0 Å². The largest absolute Gasteiger partial charge is 0.378 e. The molecule has 0 amide bonds. The van der Waals surface area contributed by atoms with Gasteiger partial charge in [0.1, 0.15) is 0 Å². The van der Waals surface area contributed by atoms with Gasteiger partial charge >= 0.3 is 0 Å². The first-order valence-electron chi connectivity index (χ1n) is 17.3. The Morgan fingerprint density at radius 1 is 0.579 bits per heavy atom. The molecule has 0 aromatic carbocycles. The second-order valence-electron chi connectivity index (χ2n) is 13.8. The molecule has 4 aliphatic carbocycles. The van der Waals surface area contributed by atoms with E-state index in [0.29, 0.717) is 24.0 Å². The maximum Gasteiger partial charge on any atom is 0.0642 e. The lowest BCUT2D eigenvalue weighted by Gasteiger charge is -2.39. The van der Waals surface area contributed by atoms with Crippen LogP contribution in [0.15, 0.2) is 24.3 Å². The SMILES string of the molecule is CC=CC1CCCC(C=CC2CC(OCCCC3CCCCC3)C(C)CC2OCCCC2CCCCC2)C1. The van der Waals surface area contributed by atoms with Crippen molar-refractivity contribution in [2.45, 2.75) is 154 Å². The molecule has 2 heteroatoms. The van der Waals surface area contributed by atoms with Crippen LogP contribution >= 0.6 is 0 Å². The van der Waals surface area contributed by atoms with Crippen LogP contribution in [0, 0.1) is 35.5 Å². The summed E-state index contributed by atoms with van der Waals surface area (Å²) in [6, 6.07) is 0. The highest BCUT2D eigenvalue weighted by molar-refractivity contribution is 5.02. The van der Waals surface area contributed by atoms with Crippen LogP contribution in [-0.4, -0.2) is 25.4 Å². The van der Waals surface area contributed by atoms with Crippen molar-refractivity contribution in [3.63, 3.8) is 0 Å². The van der Waals surface area contributed by atoms with Gasteiger partial charge in [-0.2, -0.15) is 0 Å². The van der Waals surface area contributed by atoms with Gasteiger partial charge in [-0.1, -0.05) is 102 Å². The zero-order valence-electron chi connectivity index (χ0n) is 25.3. The minimum absolute atomic E-state index is 0.379. The normalized spacial score (nSPS) is 34.4. The van der Waals surface area contributed by atoms with Gasteiger partial charge < -0.3 is 9.47 Å². The van der Waals surface area contributed by atoms with E-state index >= 15 is 0 Å². The van der Waals surface area contributed by atoms with Gasteiger partial charge in [-0.15, -0.1) is 0 Å². The van der Waals surface area contributed by atoms with Crippen LogP contribution in [0.2, 0.25) is 0 Å². The van der Waals surface area contributed by atoms with E-state index in [9.17, 15) is 0 Å². The maximum atomic E-state index is 6.69. The highest BCUT2D eigenvalue weighted by atomic mass is 16.5. The van der Waals surface area contributed by atoms with Crippen molar-refractivity contribution in [1.29, 1.82) is 0 Å². The van der Waals surface area contributed by atoms with Crippen molar-refractivity contribution < 1.29 is 9.47 Å². The number of ether oxygens (including phenoxy) is 2. The number of allylic oxidation sites excluding steroid dienone is 3. The third kappa shape index (κ3) is 10.4. The molecule has 0 heterocycles. The van der Waals surface area contributed by atoms with Gasteiger partial charge in [0, 0.05) is 19.1 Å². The first-order chi connectivity index (χ1) is 18.7. The number of rotatable bonds is 13. The average Bonchev–Trinajstić information content (AvgIpc) is 2.95. The van der Waals surface area contributed by atoms with E-state index < -0.39 is 0 Å². The van der Waals surface area contributed by atoms with Gasteiger partial charge in [0.15, 0.2) is 0 Å². The van der Waals surface area contributed by atoms with Gasteiger partial charge in [-0.25, -0.2) is 0 Å². The molecule has 6 atom stereocenters. The smallest absolute Gasteiger partial charge is 0.0642 e. The average molecular weight is 527 g/mol. The highest BCUT2D eigenvalue weighted by Crippen LogP contribution is 2.37. The molecule has 218 valence electrons. The van der Waals surface area contributed by atoms with Crippen LogP contribution in [0.25, 0.3) is 0 Å². The van der Waals surface area contributed by atoms with Gasteiger partial charge in [0.2, 0.25) is 0 Å². The summed E-state index contributed by atoms with van der Waals surface area (Å²) in [7, 11) is 0. The predicted octanol–water partition coefficient (Wildman–Crippen LogP) is 10.5. The molecule has 6 unspecified atom stereocenters. The molecule has 0 aromatic rings. The molecular weight excluding hydrogens is 464 g/mol. The zero-order chi connectivity index (χ0) is 26.4. The van der Waals surface area contributed by atoms with Gasteiger partial charge in [0.25, 0.3) is 0 Å². The fourth-order valence-electron chi connectivity index (χ4n) is 8.33. The Morgan fingerprint density at radius 2 is 1.16 bits per heavy atom. The molecule has 0 saturated heterocycles. The molecule has 38 heavy (non-hydrogen) atoms. The zero-order valence-corrected chi connectivity index (χ0v) is 25.3. The van der Waals surface area contributed by atoms with Crippen LogP contribution in [0.3, 0.4) is 0 Å². The van der Waals surface area contributed by atoms with Gasteiger partial charge in [0.05, 0.1) is 12.2 Å². The standard InChI is InChI=1S/C36H62O2/c1-3-13-32-18-10-19-33(27-32)22-23-34-28-35(37-24-11-20-30-14-6-4-7-15-30)29(2)26-36(34)38-25-12-21-31-16-8-5-9-17-31/h3,13,22-23,29-36H,4-12,14-21,24-28H2,1-2H3. The molecule has 4 saturated carbocycles.